The average Bonchev–Trinajstić information content (AvgIpc) is 2.37. The molecule has 0 aromatic heterocycles. The van der Waals surface area contributed by atoms with Crippen molar-refractivity contribution in [2.75, 3.05) is 19.6 Å². The van der Waals surface area contributed by atoms with Crippen LogP contribution in [0.15, 0.2) is 0 Å². The van der Waals surface area contributed by atoms with Gasteiger partial charge in [-0.25, -0.2) is 0 Å². The minimum atomic E-state index is -1.08. The summed E-state index contributed by atoms with van der Waals surface area (Å²) in [4.78, 5) is 35.9. The molecule has 0 bridgehead atoms. The van der Waals surface area contributed by atoms with E-state index in [1.165, 1.54) is 0 Å². The first-order valence-electron chi connectivity index (χ1n) is 5.93. The molecule has 104 valence electrons. The molecule has 1 aliphatic heterocycles. The number of carbonyl (C=O) groups excluding carboxylic acids is 2. The number of nitrogens with zero attached hydrogens (tertiary/aromatic N) is 1. The Kier molecular flexibility index (Phi) is 5.33. The van der Waals surface area contributed by atoms with Crippen LogP contribution in [-0.4, -0.2) is 59.5 Å². The van der Waals surface area contributed by atoms with Crippen molar-refractivity contribution in [3.05, 3.63) is 0 Å². The Morgan fingerprint density at radius 1 is 1.68 bits per heavy atom. The summed E-state index contributed by atoms with van der Waals surface area (Å²) in [7, 11) is 0. The number of aliphatic carboxylic acids is 1. The van der Waals surface area contributed by atoms with Crippen LogP contribution in [0.3, 0.4) is 0 Å². The van der Waals surface area contributed by atoms with Gasteiger partial charge in [-0.2, -0.15) is 0 Å². The minimum Gasteiger partial charge on any atom is -0.481 e. The Bertz CT molecular complexity index is 416. The lowest BCUT2D eigenvalue weighted by Gasteiger charge is -2.37. The summed E-state index contributed by atoms with van der Waals surface area (Å²) < 4.78 is 0. The topological polar surface area (TPSA) is 98.7 Å². The predicted octanol–water partition coefficient (Wildman–Crippen LogP) is -1.60. The van der Waals surface area contributed by atoms with Crippen LogP contribution in [0.25, 0.3) is 0 Å². The predicted molar refractivity (Wildman–Crippen MR) is 67.1 cm³/mol. The average molecular weight is 267 g/mol. The quantitative estimate of drug-likeness (QED) is 0.521. The monoisotopic (exact) mass is 267 g/mol. The third kappa shape index (κ3) is 3.96. The maximum absolute atomic E-state index is 11.8. The summed E-state index contributed by atoms with van der Waals surface area (Å²) in [6.45, 7) is 2.54. The smallest absolute Gasteiger partial charge is 0.305 e. The van der Waals surface area contributed by atoms with Crippen LogP contribution in [0, 0.1) is 12.3 Å². The van der Waals surface area contributed by atoms with E-state index in [4.69, 9.17) is 11.5 Å². The summed E-state index contributed by atoms with van der Waals surface area (Å²) in [6, 6.07) is -1.44. The van der Waals surface area contributed by atoms with Crippen LogP contribution in [-0.2, 0) is 14.4 Å². The second kappa shape index (κ2) is 6.75. The highest BCUT2D eigenvalue weighted by Crippen LogP contribution is 2.13. The van der Waals surface area contributed by atoms with Gasteiger partial charge in [0.15, 0.2) is 0 Å². The summed E-state index contributed by atoms with van der Waals surface area (Å²) in [5, 5.41) is 13.9. The molecule has 0 spiro atoms. The Balaban J connectivity index is 2.76. The lowest BCUT2D eigenvalue weighted by Crippen LogP contribution is -2.61. The van der Waals surface area contributed by atoms with Crippen LogP contribution in [0.1, 0.15) is 13.3 Å². The first kappa shape index (κ1) is 15.0. The van der Waals surface area contributed by atoms with Gasteiger partial charge in [-0.1, -0.05) is 5.92 Å². The highest BCUT2D eigenvalue weighted by atomic mass is 16.4. The molecule has 0 aliphatic carbocycles. The van der Waals surface area contributed by atoms with E-state index < -0.39 is 18.1 Å². The van der Waals surface area contributed by atoms with Crippen molar-refractivity contribution in [1.82, 2.24) is 15.5 Å². The first-order chi connectivity index (χ1) is 8.97. The number of terminal acetylenes is 1. The van der Waals surface area contributed by atoms with Crippen molar-refractivity contribution in [3.63, 3.8) is 0 Å². The molecule has 19 heavy (non-hydrogen) atoms. The molecule has 0 radical (unpaired) electrons. The molecule has 1 heterocycles. The molecule has 7 nitrogen and oxygen atoms in total. The van der Waals surface area contributed by atoms with Crippen molar-refractivity contribution in [2.24, 2.45) is 0 Å². The number of rotatable bonds is 5. The van der Waals surface area contributed by atoms with E-state index in [2.05, 4.69) is 16.6 Å². The van der Waals surface area contributed by atoms with E-state index in [0.717, 1.165) is 0 Å². The molecule has 0 saturated carbocycles. The number of carbonyl (C=O) groups is 3. The Morgan fingerprint density at radius 3 is 2.95 bits per heavy atom. The van der Waals surface area contributed by atoms with Crippen molar-refractivity contribution in [1.29, 1.82) is 0 Å². The maximum atomic E-state index is 11.8. The molecular formula is C12H17N3O4. The lowest BCUT2D eigenvalue weighted by atomic mass is 10.1. The van der Waals surface area contributed by atoms with Crippen molar-refractivity contribution in [2.45, 2.75) is 25.4 Å². The zero-order valence-corrected chi connectivity index (χ0v) is 10.7. The van der Waals surface area contributed by atoms with E-state index in [-0.39, 0.29) is 24.8 Å². The van der Waals surface area contributed by atoms with Gasteiger partial charge in [-0.15, -0.1) is 6.42 Å². The fourth-order valence-electron chi connectivity index (χ4n) is 2.01. The molecule has 3 N–H and O–H groups in total. The van der Waals surface area contributed by atoms with Crippen LogP contribution >= 0.6 is 0 Å². The van der Waals surface area contributed by atoms with Crippen molar-refractivity contribution >= 4 is 17.8 Å². The molecule has 7 heteroatoms. The SMILES string of the molecule is C#CCNC(=O)C(C)N1CCNC(=O)C1CC(=O)O. The van der Waals surface area contributed by atoms with E-state index in [0.29, 0.717) is 13.1 Å². The Morgan fingerprint density at radius 2 is 2.37 bits per heavy atom. The lowest BCUT2D eigenvalue weighted by molar-refractivity contribution is -0.145. The van der Waals surface area contributed by atoms with Gasteiger partial charge >= 0.3 is 5.97 Å². The summed E-state index contributed by atoms with van der Waals surface area (Å²) in [5.41, 5.74) is 0. The molecule has 1 aliphatic rings. The second-order valence-electron chi connectivity index (χ2n) is 4.24. The van der Waals surface area contributed by atoms with E-state index in [9.17, 15) is 14.4 Å². The fraction of sp³-hybridized carbons (Fsp3) is 0.583. The summed E-state index contributed by atoms with van der Waals surface area (Å²) in [5.74, 6) is 0.518. The number of nitrogens with one attached hydrogen (secondary N) is 2. The standard InChI is InChI=1S/C12H17N3O4/c1-3-4-13-11(18)8(2)15-6-5-14-12(19)9(15)7-10(16)17/h1,8-9H,4-7H2,2H3,(H,13,18)(H,14,19)(H,16,17). The van der Waals surface area contributed by atoms with Gasteiger partial charge in [0.1, 0.15) is 6.04 Å². The third-order valence-electron chi connectivity index (χ3n) is 2.98. The fourth-order valence-corrected chi connectivity index (χ4v) is 2.01. The highest BCUT2D eigenvalue weighted by molar-refractivity contribution is 5.88. The van der Waals surface area contributed by atoms with Crippen LogP contribution in [0.4, 0.5) is 0 Å². The molecule has 2 amide bonds. The largest absolute Gasteiger partial charge is 0.481 e. The minimum absolute atomic E-state index is 0.104. The number of carboxylic acid groups (broad SMARTS) is 1. The van der Waals surface area contributed by atoms with E-state index >= 15 is 0 Å². The molecule has 2 unspecified atom stereocenters. The van der Waals surface area contributed by atoms with Gasteiger partial charge in [0.2, 0.25) is 11.8 Å². The zero-order chi connectivity index (χ0) is 14.4. The summed E-state index contributed by atoms with van der Waals surface area (Å²) in [6.07, 6.45) is 4.72. The van der Waals surface area contributed by atoms with Gasteiger partial charge < -0.3 is 15.7 Å². The Hall–Kier alpha value is -2.07. The molecule has 1 rings (SSSR count). The Labute approximate surface area is 111 Å². The maximum Gasteiger partial charge on any atom is 0.305 e. The number of hydrogen-bond acceptors (Lipinski definition) is 4. The zero-order valence-electron chi connectivity index (χ0n) is 10.7. The highest BCUT2D eigenvalue weighted by Gasteiger charge is 2.36. The number of amides is 2. The molecule has 1 saturated heterocycles. The molecule has 2 atom stereocenters. The van der Waals surface area contributed by atoms with Gasteiger partial charge in [0.25, 0.3) is 0 Å². The van der Waals surface area contributed by atoms with Crippen LogP contribution in [0.2, 0.25) is 0 Å². The van der Waals surface area contributed by atoms with E-state index in [1.54, 1.807) is 11.8 Å². The van der Waals surface area contributed by atoms with Gasteiger partial charge in [-0.05, 0) is 6.92 Å². The molecular weight excluding hydrogens is 250 g/mol. The second-order valence-corrected chi connectivity index (χ2v) is 4.24. The third-order valence-corrected chi connectivity index (χ3v) is 2.98. The van der Waals surface area contributed by atoms with Crippen LogP contribution < -0.4 is 10.6 Å². The van der Waals surface area contributed by atoms with Gasteiger partial charge in [-0.3, -0.25) is 19.3 Å². The van der Waals surface area contributed by atoms with Crippen molar-refractivity contribution < 1.29 is 19.5 Å². The van der Waals surface area contributed by atoms with E-state index in [1.807, 2.05) is 0 Å². The molecule has 1 fully saturated rings. The number of piperazine rings is 1. The van der Waals surface area contributed by atoms with Gasteiger partial charge in [0, 0.05) is 13.1 Å². The first-order valence-corrected chi connectivity index (χ1v) is 5.93. The number of carboxylic acids is 1. The normalized spacial score (nSPS) is 21.1. The van der Waals surface area contributed by atoms with Crippen molar-refractivity contribution in [3.8, 4) is 12.3 Å². The summed E-state index contributed by atoms with van der Waals surface area (Å²) >= 11 is 0. The molecule has 0 aromatic carbocycles. The van der Waals surface area contributed by atoms with Gasteiger partial charge in [0.05, 0.1) is 19.0 Å². The molecule has 0 aromatic rings. The van der Waals surface area contributed by atoms with Crippen LogP contribution in [0.5, 0.6) is 0 Å². The number of hydrogen-bond donors (Lipinski definition) is 3.